The first-order valence-corrected chi connectivity index (χ1v) is 6.00. The average Bonchev–Trinajstić information content (AvgIpc) is 2.27. The maximum absolute atomic E-state index is 13.5. The number of nitrogen functional groups attached to an aromatic ring is 1. The van der Waals surface area contributed by atoms with E-state index in [-0.39, 0.29) is 5.82 Å². The largest absolute Gasteiger partial charge is 0.397 e. The third kappa shape index (κ3) is 2.90. The highest BCUT2D eigenvalue weighted by atomic mass is 79.9. The van der Waals surface area contributed by atoms with Gasteiger partial charge in [-0.15, -0.1) is 0 Å². The lowest BCUT2D eigenvalue weighted by atomic mass is 10.2. The molecule has 0 aliphatic heterocycles. The Morgan fingerprint density at radius 2 is 1.88 bits per heavy atom. The van der Waals surface area contributed by atoms with Crippen LogP contribution in [0, 0.1) is 5.82 Å². The van der Waals surface area contributed by atoms with E-state index in [9.17, 15) is 4.39 Å². The summed E-state index contributed by atoms with van der Waals surface area (Å²) in [6.07, 6.45) is 0. The second-order valence-corrected chi connectivity index (χ2v) is 4.83. The van der Waals surface area contributed by atoms with Crippen molar-refractivity contribution in [1.82, 2.24) is 0 Å². The van der Waals surface area contributed by atoms with Crippen LogP contribution in [-0.2, 0) is 0 Å². The Bertz CT molecular complexity index is 560. The third-order valence-corrected chi connectivity index (χ3v) is 2.94. The summed E-state index contributed by atoms with van der Waals surface area (Å²) in [4.78, 5) is 0. The molecule has 0 unspecified atom stereocenters. The predicted molar refractivity (Wildman–Crippen MR) is 73.2 cm³/mol. The molecule has 2 aromatic rings. The van der Waals surface area contributed by atoms with Gasteiger partial charge >= 0.3 is 0 Å². The monoisotopic (exact) mass is 314 g/mol. The number of anilines is 3. The Morgan fingerprint density at radius 3 is 2.59 bits per heavy atom. The molecule has 0 radical (unpaired) electrons. The molecule has 0 heterocycles. The Labute approximate surface area is 112 Å². The predicted octanol–water partition coefficient (Wildman–Crippen LogP) is 4.57. The highest BCUT2D eigenvalue weighted by Crippen LogP contribution is 2.28. The molecule has 2 aromatic carbocycles. The first-order chi connectivity index (χ1) is 8.06. The third-order valence-electron chi connectivity index (χ3n) is 2.21. The number of benzene rings is 2. The quantitative estimate of drug-likeness (QED) is 0.797. The van der Waals surface area contributed by atoms with Crippen LogP contribution in [0.4, 0.5) is 21.5 Å². The van der Waals surface area contributed by atoms with Gasteiger partial charge in [0.05, 0.1) is 17.1 Å². The standard InChI is InChI=1S/C12H9BrClFN2/c13-7-1-4-11(10(16)5-7)17-12-6-8(14)2-3-9(12)15/h1-6,17H,16H2. The van der Waals surface area contributed by atoms with Crippen molar-refractivity contribution < 1.29 is 4.39 Å². The number of hydrogen-bond acceptors (Lipinski definition) is 2. The summed E-state index contributed by atoms with van der Waals surface area (Å²) < 4.78 is 14.4. The fourth-order valence-corrected chi connectivity index (χ4v) is 1.94. The van der Waals surface area contributed by atoms with E-state index >= 15 is 0 Å². The fraction of sp³-hybridized carbons (Fsp3) is 0. The van der Waals surface area contributed by atoms with E-state index in [1.807, 2.05) is 6.07 Å². The van der Waals surface area contributed by atoms with Crippen LogP contribution in [0.25, 0.3) is 0 Å². The molecule has 0 fully saturated rings. The lowest BCUT2D eigenvalue weighted by molar-refractivity contribution is 0.632. The summed E-state index contributed by atoms with van der Waals surface area (Å²) in [7, 11) is 0. The van der Waals surface area contributed by atoms with E-state index < -0.39 is 0 Å². The Hall–Kier alpha value is -1.26. The van der Waals surface area contributed by atoms with Crippen LogP contribution in [0.15, 0.2) is 40.9 Å². The Kier molecular flexibility index (Phi) is 3.54. The van der Waals surface area contributed by atoms with Crippen LogP contribution in [0.5, 0.6) is 0 Å². The van der Waals surface area contributed by atoms with Crippen LogP contribution in [0.1, 0.15) is 0 Å². The molecule has 17 heavy (non-hydrogen) atoms. The Morgan fingerprint density at radius 1 is 1.12 bits per heavy atom. The van der Waals surface area contributed by atoms with Gasteiger partial charge in [0.2, 0.25) is 0 Å². The molecule has 0 saturated carbocycles. The van der Waals surface area contributed by atoms with Gasteiger partial charge in [-0.2, -0.15) is 0 Å². The summed E-state index contributed by atoms with van der Waals surface area (Å²) in [5, 5.41) is 3.37. The zero-order valence-corrected chi connectivity index (χ0v) is 11.0. The van der Waals surface area contributed by atoms with Gasteiger partial charge in [-0.1, -0.05) is 27.5 Å². The molecule has 0 spiro atoms. The normalized spacial score (nSPS) is 10.3. The molecule has 2 rings (SSSR count). The Balaban J connectivity index is 2.34. The van der Waals surface area contributed by atoms with Gasteiger partial charge in [0.15, 0.2) is 0 Å². The van der Waals surface area contributed by atoms with Crippen molar-refractivity contribution >= 4 is 44.6 Å². The van der Waals surface area contributed by atoms with Crippen LogP contribution in [0.3, 0.4) is 0 Å². The highest BCUT2D eigenvalue weighted by molar-refractivity contribution is 9.10. The van der Waals surface area contributed by atoms with E-state index in [1.54, 1.807) is 12.1 Å². The first-order valence-electron chi connectivity index (χ1n) is 4.83. The van der Waals surface area contributed by atoms with Crippen molar-refractivity contribution in [3.63, 3.8) is 0 Å². The van der Waals surface area contributed by atoms with Crippen LogP contribution < -0.4 is 11.1 Å². The molecule has 2 nitrogen and oxygen atoms in total. The topological polar surface area (TPSA) is 38.0 Å². The summed E-state index contributed by atoms with van der Waals surface area (Å²) in [5.74, 6) is -0.378. The molecule has 0 atom stereocenters. The number of rotatable bonds is 2. The fourth-order valence-electron chi connectivity index (χ4n) is 1.39. The minimum Gasteiger partial charge on any atom is -0.397 e. The smallest absolute Gasteiger partial charge is 0.146 e. The van der Waals surface area contributed by atoms with Gasteiger partial charge in [0.1, 0.15) is 5.82 Å². The molecule has 0 aliphatic carbocycles. The molecule has 0 aliphatic rings. The van der Waals surface area contributed by atoms with Crippen molar-refractivity contribution in [1.29, 1.82) is 0 Å². The highest BCUT2D eigenvalue weighted by Gasteiger charge is 2.05. The lowest BCUT2D eigenvalue weighted by Crippen LogP contribution is -1.98. The van der Waals surface area contributed by atoms with Gasteiger partial charge in [-0.05, 0) is 36.4 Å². The van der Waals surface area contributed by atoms with Crippen molar-refractivity contribution in [3.05, 3.63) is 51.7 Å². The average molecular weight is 316 g/mol. The van der Waals surface area contributed by atoms with Crippen molar-refractivity contribution in [2.24, 2.45) is 0 Å². The van der Waals surface area contributed by atoms with Gasteiger partial charge in [-0.3, -0.25) is 0 Å². The molecular weight excluding hydrogens is 307 g/mol. The minimum atomic E-state index is -0.378. The number of nitrogens with two attached hydrogens (primary N) is 1. The minimum absolute atomic E-state index is 0.298. The second-order valence-electron chi connectivity index (χ2n) is 3.48. The van der Waals surface area contributed by atoms with Crippen molar-refractivity contribution in [3.8, 4) is 0 Å². The molecule has 0 aromatic heterocycles. The summed E-state index contributed by atoms with van der Waals surface area (Å²) in [5.41, 5.74) is 7.27. The SMILES string of the molecule is Nc1cc(Br)ccc1Nc1cc(Cl)ccc1F. The zero-order chi connectivity index (χ0) is 12.4. The molecule has 0 saturated heterocycles. The number of nitrogens with one attached hydrogen (secondary N) is 1. The summed E-state index contributed by atoms with van der Waals surface area (Å²) in [6.45, 7) is 0. The first kappa shape index (κ1) is 12.2. The zero-order valence-electron chi connectivity index (χ0n) is 8.68. The number of halogens is 3. The molecule has 5 heteroatoms. The van der Waals surface area contributed by atoms with Crippen LogP contribution in [0.2, 0.25) is 5.02 Å². The molecule has 88 valence electrons. The summed E-state index contributed by atoms with van der Waals surface area (Å²) in [6, 6.07) is 9.64. The molecule has 0 amide bonds. The van der Waals surface area contributed by atoms with E-state index in [4.69, 9.17) is 17.3 Å². The van der Waals surface area contributed by atoms with Crippen molar-refractivity contribution in [2.75, 3.05) is 11.1 Å². The van der Waals surface area contributed by atoms with Crippen LogP contribution in [-0.4, -0.2) is 0 Å². The molecule has 0 bridgehead atoms. The molecule has 3 N–H and O–H groups in total. The molecular formula is C12H9BrClFN2. The van der Waals surface area contributed by atoms with E-state index in [2.05, 4.69) is 21.2 Å². The maximum Gasteiger partial charge on any atom is 0.146 e. The van der Waals surface area contributed by atoms with E-state index in [1.165, 1.54) is 18.2 Å². The van der Waals surface area contributed by atoms with Gasteiger partial charge in [0.25, 0.3) is 0 Å². The second kappa shape index (κ2) is 4.94. The summed E-state index contributed by atoms with van der Waals surface area (Å²) >= 11 is 9.11. The lowest BCUT2D eigenvalue weighted by Gasteiger charge is -2.10. The van der Waals surface area contributed by atoms with E-state index in [0.29, 0.717) is 22.1 Å². The number of hydrogen-bond donors (Lipinski definition) is 2. The van der Waals surface area contributed by atoms with Gasteiger partial charge in [-0.25, -0.2) is 4.39 Å². The maximum atomic E-state index is 13.5. The van der Waals surface area contributed by atoms with Gasteiger partial charge < -0.3 is 11.1 Å². The van der Waals surface area contributed by atoms with Crippen molar-refractivity contribution in [2.45, 2.75) is 0 Å². The van der Waals surface area contributed by atoms with Gasteiger partial charge in [0, 0.05) is 9.50 Å². The van der Waals surface area contributed by atoms with Crippen LogP contribution >= 0.6 is 27.5 Å². The van der Waals surface area contributed by atoms with E-state index in [0.717, 1.165) is 4.47 Å².